The number of hydrogen-bond donors (Lipinski definition) is 5. The molecule has 1 saturated heterocycles. The number of fused-ring (bicyclic) bond motifs is 1. The highest BCUT2D eigenvalue weighted by atomic mass is 32.1. The van der Waals surface area contributed by atoms with E-state index in [-0.39, 0.29) is 28.7 Å². The van der Waals surface area contributed by atoms with E-state index in [0.717, 1.165) is 12.8 Å². The van der Waals surface area contributed by atoms with Gasteiger partial charge in [-0.15, -0.1) is 0 Å². The smallest absolute Gasteiger partial charge is 0.322 e. The number of aliphatic hydroxyl groups excluding tert-OH is 2. The zero-order valence-corrected chi connectivity index (χ0v) is 20.7. The Hall–Kier alpha value is -1.45. The van der Waals surface area contributed by atoms with Crippen LogP contribution in [0.2, 0.25) is 0 Å². The van der Waals surface area contributed by atoms with Crippen LogP contribution in [0.25, 0.3) is 11.2 Å². The maximum atomic E-state index is 12.0. The Morgan fingerprint density at radius 1 is 1.29 bits per heavy atom. The van der Waals surface area contributed by atoms with Gasteiger partial charge in [0, 0.05) is 11.7 Å². The van der Waals surface area contributed by atoms with E-state index in [2.05, 4.69) is 44.7 Å². The van der Waals surface area contributed by atoms with E-state index in [1.54, 1.807) is 0 Å². The Bertz CT molecular complexity index is 1030. The third-order valence-corrected chi connectivity index (χ3v) is 6.91. The lowest BCUT2D eigenvalue weighted by molar-refractivity contribution is -0.227. The summed E-state index contributed by atoms with van der Waals surface area (Å²) >= 11 is 8.52. The summed E-state index contributed by atoms with van der Waals surface area (Å²) in [5, 5.41) is 20.9. The van der Waals surface area contributed by atoms with E-state index in [4.69, 9.17) is 15.0 Å². The average molecular weight is 537 g/mol. The standard InChI is InChI=1S/C18H28N5O8PS2/c19-16-13-17(21-8-20-16)23(9-22-13)18-15(26)14(25)11(30-18)7-29-32(27,28)31-12(24)4-2-1-3-10(34)5-6-33/h8-11,14-15,18,25-26,33-34H,1-7H2,(H,27,28)(H2,19,20,21)/p-1/t10-,11-,14-,15-,18-/m1/s1. The molecular formula is C18H27N5O8PS2-. The quantitative estimate of drug-likeness (QED) is 0.141. The number of imidazole rings is 1. The second-order valence-electron chi connectivity index (χ2n) is 7.75. The van der Waals surface area contributed by atoms with E-state index >= 15 is 0 Å². The van der Waals surface area contributed by atoms with Crippen molar-refractivity contribution in [2.75, 3.05) is 18.1 Å². The first-order valence-corrected chi connectivity index (χ1v) is 13.2. The second-order valence-corrected chi connectivity index (χ2v) is 10.3. The number of aliphatic hydroxyl groups is 2. The van der Waals surface area contributed by atoms with Gasteiger partial charge in [-0.3, -0.25) is 13.9 Å². The van der Waals surface area contributed by atoms with Crippen LogP contribution in [0, 0.1) is 0 Å². The first-order chi connectivity index (χ1) is 16.1. The van der Waals surface area contributed by atoms with Crippen LogP contribution in [0.5, 0.6) is 0 Å². The maximum Gasteiger partial charge on any atom is 0.322 e. The molecule has 190 valence electrons. The number of hydrogen-bond acceptors (Lipinski definition) is 14. The number of carbonyl (C=O) groups excluding carboxylic acids is 1. The van der Waals surface area contributed by atoms with E-state index in [1.807, 2.05) is 0 Å². The predicted octanol–water partition coefficient (Wildman–Crippen LogP) is 0.235. The molecular weight excluding hydrogens is 509 g/mol. The van der Waals surface area contributed by atoms with Crippen LogP contribution in [0.3, 0.4) is 0 Å². The third-order valence-electron chi connectivity index (χ3n) is 5.24. The molecule has 3 rings (SSSR count). The lowest BCUT2D eigenvalue weighted by Crippen LogP contribution is -2.34. The van der Waals surface area contributed by atoms with Gasteiger partial charge in [0.1, 0.15) is 30.2 Å². The van der Waals surface area contributed by atoms with Crippen molar-refractivity contribution in [3.05, 3.63) is 12.7 Å². The monoisotopic (exact) mass is 536 g/mol. The number of ether oxygens (including phenoxy) is 1. The molecule has 6 atom stereocenters. The normalized spacial score (nSPS) is 25.3. The molecule has 4 N–H and O–H groups in total. The van der Waals surface area contributed by atoms with Crippen molar-refractivity contribution in [3.8, 4) is 0 Å². The van der Waals surface area contributed by atoms with E-state index in [0.29, 0.717) is 18.6 Å². The molecule has 3 heterocycles. The highest BCUT2D eigenvalue weighted by molar-refractivity contribution is 7.81. The number of phosphoric acid groups is 1. The van der Waals surface area contributed by atoms with Gasteiger partial charge in [0.15, 0.2) is 17.7 Å². The molecule has 0 radical (unpaired) electrons. The van der Waals surface area contributed by atoms with Gasteiger partial charge in [-0.25, -0.2) is 15.0 Å². The minimum atomic E-state index is -5.00. The fourth-order valence-electron chi connectivity index (χ4n) is 3.46. The average Bonchev–Trinajstić information content (AvgIpc) is 3.32. The van der Waals surface area contributed by atoms with Crippen LogP contribution in [0.1, 0.15) is 38.3 Å². The number of rotatable bonds is 12. The van der Waals surface area contributed by atoms with Crippen LogP contribution in [0.4, 0.5) is 5.82 Å². The molecule has 16 heteroatoms. The summed E-state index contributed by atoms with van der Waals surface area (Å²) in [7, 11) is -5.00. The number of nitrogen functional groups attached to an aromatic ring is 1. The summed E-state index contributed by atoms with van der Waals surface area (Å²) in [6.45, 7) is -0.683. The Morgan fingerprint density at radius 3 is 2.79 bits per heavy atom. The number of thiol groups is 2. The molecule has 1 aliphatic rings. The molecule has 13 nitrogen and oxygen atoms in total. The van der Waals surface area contributed by atoms with Crippen LogP contribution >= 0.6 is 33.1 Å². The van der Waals surface area contributed by atoms with E-state index < -0.39 is 44.9 Å². The summed E-state index contributed by atoms with van der Waals surface area (Å²) in [6, 6.07) is 0. The number of aromatic nitrogens is 4. The van der Waals surface area contributed by atoms with Crippen LogP contribution in [0.15, 0.2) is 12.7 Å². The third kappa shape index (κ3) is 6.82. The van der Waals surface area contributed by atoms with Crippen molar-refractivity contribution >= 4 is 56.0 Å². The highest BCUT2D eigenvalue weighted by Crippen LogP contribution is 2.41. The van der Waals surface area contributed by atoms with E-state index in [9.17, 15) is 24.5 Å². The van der Waals surface area contributed by atoms with Gasteiger partial charge in [-0.2, -0.15) is 25.3 Å². The molecule has 2 aromatic heterocycles. The number of carbonyl (C=O) groups is 1. The minimum Gasteiger partial charge on any atom is -0.746 e. The van der Waals surface area contributed by atoms with E-state index in [1.165, 1.54) is 17.2 Å². The Morgan fingerprint density at radius 2 is 2.06 bits per heavy atom. The first kappa shape index (κ1) is 27.1. The first-order valence-electron chi connectivity index (χ1n) is 10.5. The van der Waals surface area contributed by atoms with Crippen LogP contribution in [-0.4, -0.2) is 71.6 Å². The predicted molar refractivity (Wildman–Crippen MR) is 125 cm³/mol. The number of nitrogens with two attached hydrogens (primary N) is 1. The Balaban J connectivity index is 1.50. The molecule has 0 saturated carbocycles. The minimum absolute atomic E-state index is 0.0982. The number of nitrogens with zero attached hydrogens (tertiary/aromatic N) is 4. The van der Waals surface area contributed by atoms with Crippen LogP contribution < -0.4 is 10.6 Å². The molecule has 0 aliphatic carbocycles. The molecule has 1 fully saturated rings. The molecule has 0 bridgehead atoms. The molecule has 2 aromatic rings. The van der Waals surface area contributed by atoms with Crippen molar-refractivity contribution < 1.29 is 38.3 Å². The van der Waals surface area contributed by atoms with Gasteiger partial charge in [0.2, 0.25) is 0 Å². The zero-order valence-electron chi connectivity index (χ0n) is 18.0. The Labute approximate surface area is 206 Å². The van der Waals surface area contributed by atoms with Gasteiger partial charge < -0.3 is 34.6 Å². The summed E-state index contributed by atoms with van der Waals surface area (Å²) in [5.74, 6) is -0.114. The fraction of sp³-hybridized carbons (Fsp3) is 0.667. The molecule has 0 amide bonds. The topological polar surface area (TPSA) is 195 Å². The molecule has 1 aliphatic heterocycles. The number of phosphoric ester groups is 1. The number of anilines is 1. The van der Waals surface area contributed by atoms with Gasteiger partial charge >= 0.3 is 13.8 Å². The lowest BCUT2D eigenvalue weighted by Gasteiger charge is -2.24. The zero-order chi connectivity index (χ0) is 24.9. The molecule has 1 unspecified atom stereocenters. The molecule has 0 spiro atoms. The summed E-state index contributed by atoms with van der Waals surface area (Å²) in [6.07, 6.45) is -0.195. The van der Waals surface area contributed by atoms with Crippen molar-refractivity contribution in [1.29, 1.82) is 0 Å². The van der Waals surface area contributed by atoms with Crippen LogP contribution in [-0.2, 0) is 23.1 Å². The summed E-state index contributed by atoms with van der Waals surface area (Å²) in [5.41, 5.74) is 6.27. The fourth-order valence-corrected chi connectivity index (χ4v) is 5.01. The van der Waals surface area contributed by atoms with Crippen molar-refractivity contribution in [2.45, 2.75) is 61.9 Å². The number of unbranched alkanes of at least 4 members (excludes halogenated alkanes) is 1. The summed E-state index contributed by atoms with van der Waals surface area (Å²) < 4.78 is 28.1. The van der Waals surface area contributed by atoms with Gasteiger partial charge in [-0.1, -0.05) is 6.42 Å². The second kappa shape index (κ2) is 12.0. The van der Waals surface area contributed by atoms with Gasteiger partial charge in [-0.05, 0) is 25.0 Å². The molecule has 0 aromatic carbocycles. The lowest BCUT2D eigenvalue weighted by atomic mass is 10.1. The van der Waals surface area contributed by atoms with Gasteiger partial charge in [0.05, 0.1) is 12.9 Å². The Kier molecular flexibility index (Phi) is 9.57. The molecule has 34 heavy (non-hydrogen) atoms. The van der Waals surface area contributed by atoms with Gasteiger partial charge in [0.25, 0.3) is 0 Å². The largest absolute Gasteiger partial charge is 0.746 e. The summed E-state index contributed by atoms with van der Waals surface area (Å²) in [4.78, 5) is 35.8. The van der Waals surface area contributed by atoms with Crippen molar-refractivity contribution in [3.63, 3.8) is 0 Å². The SMILES string of the molecule is Nc1ncnc2c1ncn2[C@@H]1O[C@H](COP(=O)([O-])OC(=O)CCCC[C@@H](S)CCS)[C@@H](O)[C@H]1O. The maximum absolute atomic E-state index is 12.0. The van der Waals surface area contributed by atoms with Crippen molar-refractivity contribution in [1.82, 2.24) is 19.5 Å². The highest BCUT2D eigenvalue weighted by Gasteiger charge is 2.45. The van der Waals surface area contributed by atoms with Crippen molar-refractivity contribution in [2.24, 2.45) is 0 Å².